The third-order valence-electron chi connectivity index (χ3n) is 2.96. The molecule has 0 spiro atoms. The number of hydrogen-bond acceptors (Lipinski definition) is 4. The molecule has 0 fully saturated rings. The molecular formula is C15H18N2O2S. The molecule has 1 atom stereocenters. The van der Waals surface area contributed by atoms with Crippen molar-refractivity contribution in [3.05, 3.63) is 51.7 Å². The van der Waals surface area contributed by atoms with Crippen LogP contribution in [-0.4, -0.2) is 17.1 Å². The number of phenolic OH excluding ortho intramolecular Hbond substituents is 1. The molecule has 4 nitrogen and oxygen atoms in total. The molecule has 106 valence electrons. The van der Waals surface area contributed by atoms with Crippen molar-refractivity contribution in [1.82, 2.24) is 5.32 Å². The van der Waals surface area contributed by atoms with E-state index in [1.54, 1.807) is 35.6 Å². The van der Waals surface area contributed by atoms with Crippen LogP contribution >= 0.6 is 11.3 Å². The van der Waals surface area contributed by atoms with Crippen molar-refractivity contribution in [3.63, 3.8) is 0 Å². The van der Waals surface area contributed by atoms with E-state index in [2.05, 4.69) is 5.32 Å². The molecule has 1 unspecified atom stereocenters. The highest BCUT2D eigenvalue weighted by Crippen LogP contribution is 2.14. The maximum Gasteiger partial charge on any atom is 0.237 e. The molecule has 1 amide bonds. The van der Waals surface area contributed by atoms with Crippen molar-refractivity contribution >= 4 is 17.2 Å². The summed E-state index contributed by atoms with van der Waals surface area (Å²) in [4.78, 5) is 14.3. The number of hydrogen-bond donors (Lipinski definition) is 3. The maximum atomic E-state index is 11.9. The number of amides is 1. The van der Waals surface area contributed by atoms with Gasteiger partial charge in [-0.25, -0.2) is 0 Å². The van der Waals surface area contributed by atoms with Crippen molar-refractivity contribution in [1.29, 1.82) is 0 Å². The monoisotopic (exact) mass is 290 g/mol. The van der Waals surface area contributed by atoms with E-state index in [1.807, 2.05) is 19.1 Å². The third kappa shape index (κ3) is 4.08. The fourth-order valence-electron chi connectivity index (χ4n) is 1.86. The minimum atomic E-state index is -0.583. The predicted molar refractivity (Wildman–Crippen MR) is 80.7 cm³/mol. The van der Waals surface area contributed by atoms with Crippen LogP contribution in [-0.2, 0) is 17.8 Å². The second kappa shape index (κ2) is 6.54. The van der Waals surface area contributed by atoms with Gasteiger partial charge in [0.1, 0.15) is 5.75 Å². The van der Waals surface area contributed by atoms with Crippen LogP contribution in [0.25, 0.3) is 0 Å². The number of nitrogens with one attached hydrogen (secondary N) is 1. The van der Waals surface area contributed by atoms with Gasteiger partial charge in [-0.05, 0) is 43.2 Å². The first-order valence-corrected chi connectivity index (χ1v) is 7.23. The summed E-state index contributed by atoms with van der Waals surface area (Å²) in [5.41, 5.74) is 6.81. The van der Waals surface area contributed by atoms with Crippen molar-refractivity contribution in [2.75, 3.05) is 0 Å². The minimum Gasteiger partial charge on any atom is -0.508 e. The van der Waals surface area contributed by atoms with Crippen LogP contribution in [0.1, 0.15) is 15.3 Å². The van der Waals surface area contributed by atoms with Crippen LogP contribution in [0, 0.1) is 6.92 Å². The molecule has 1 aromatic heterocycles. The first kappa shape index (κ1) is 14.6. The lowest BCUT2D eigenvalue weighted by Crippen LogP contribution is -2.41. The lowest BCUT2D eigenvalue weighted by molar-refractivity contribution is -0.122. The molecule has 2 rings (SSSR count). The maximum absolute atomic E-state index is 11.9. The number of benzene rings is 1. The van der Waals surface area contributed by atoms with E-state index in [9.17, 15) is 9.90 Å². The summed E-state index contributed by atoms with van der Waals surface area (Å²) < 4.78 is 0. The topological polar surface area (TPSA) is 75.4 Å². The Bertz CT molecular complexity index is 578. The zero-order valence-electron chi connectivity index (χ0n) is 11.3. The Morgan fingerprint density at radius 1 is 1.30 bits per heavy atom. The van der Waals surface area contributed by atoms with E-state index in [-0.39, 0.29) is 11.7 Å². The molecule has 0 saturated carbocycles. The van der Waals surface area contributed by atoms with Gasteiger partial charge in [-0.15, -0.1) is 11.3 Å². The molecule has 2 aromatic rings. The number of rotatable bonds is 5. The van der Waals surface area contributed by atoms with Crippen molar-refractivity contribution in [2.24, 2.45) is 5.73 Å². The van der Waals surface area contributed by atoms with Crippen molar-refractivity contribution in [2.45, 2.75) is 25.9 Å². The van der Waals surface area contributed by atoms with Gasteiger partial charge in [-0.1, -0.05) is 12.1 Å². The molecule has 0 radical (unpaired) electrons. The third-order valence-corrected chi connectivity index (χ3v) is 3.96. The van der Waals surface area contributed by atoms with Gasteiger partial charge in [-0.3, -0.25) is 4.79 Å². The van der Waals surface area contributed by atoms with Crippen LogP contribution in [0.2, 0.25) is 0 Å². The molecule has 1 heterocycles. The van der Waals surface area contributed by atoms with Crippen LogP contribution in [0.3, 0.4) is 0 Å². The Labute approximate surface area is 122 Å². The average Bonchev–Trinajstić information content (AvgIpc) is 2.84. The van der Waals surface area contributed by atoms with Gasteiger partial charge in [0.25, 0.3) is 0 Å². The Hall–Kier alpha value is -1.85. The molecular weight excluding hydrogens is 272 g/mol. The lowest BCUT2D eigenvalue weighted by Gasteiger charge is -2.12. The van der Waals surface area contributed by atoms with E-state index < -0.39 is 6.04 Å². The standard InChI is InChI=1S/C15H18N2O2S/c1-10-2-7-13(20-10)9-17-15(19)14(16)8-11-3-5-12(18)6-4-11/h2-7,14,18H,8-9,16H2,1H3,(H,17,19). The second-order valence-electron chi connectivity index (χ2n) is 4.71. The number of aryl methyl sites for hydroxylation is 1. The Morgan fingerprint density at radius 3 is 2.60 bits per heavy atom. The zero-order chi connectivity index (χ0) is 14.5. The summed E-state index contributed by atoms with van der Waals surface area (Å²) in [6, 6.07) is 10.2. The second-order valence-corrected chi connectivity index (χ2v) is 6.08. The number of phenols is 1. The molecule has 0 aliphatic carbocycles. The largest absolute Gasteiger partial charge is 0.508 e. The highest BCUT2D eigenvalue weighted by atomic mass is 32.1. The molecule has 0 bridgehead atoms. The zero-order valence-corrected chi connectivity index (χ0v) is 12.1. The molecule has 0 aliphatic heterocycles. The van der Waals surface area contributed by atoms with Crippen LogP contribution < -0.4 is 11.1 Å². The Morgan fingerprint density at radius 2 is 2.00 bits per heavy atom. The number of nitrogens with two attached hydrogens (primary N) is 1. The molecule has 1 aromatic carbocycles. The highest BCUT2D eigenvalue weighted by Gasteiger charge is 2.14. The van der Waals surface area contributed by atoms with Gasteiger partial charge in [-0.2, -0.15) is 0 Å². The first-order valence-electron chi connectivity index (χ1n) is 6.41. The smallest absolute Gasteiger partial charge is 0.237 e. The summed E-state index contributed by atoms with van der Waals surface area (Å²) in [6.07, 6.45) is 0.454. The molecule has 20 heavy (non-hydrogen) atoms. The average molecular weight is 290 g/mol. The van der Waals surface area contributed by atoms with Gasteiger partial charge in [0, 0.05) is 9.75 Å². The molecule has 0 saturated heterocycles. The summed E-state index contributed by atoms with van der Waals surface area (Å²) in [5.74, 6) is 0.0453. The lowest BCUT2D eigenvalue weighted by atomic mass is 10.1. The quantitative estimate of drug-likeness (QED) is 0.788. The van der Waals surface area contributed by atoms with Crippen LogP contribution in [0.4, 0.5) is 0 Å². The van der Waals surface area contributed by atoms with Crippen LogP contribution in [0.5, 0.6) is 5.75 Å². The fraction of sp³-hybridized carbons (Fsp3) is 0.267. The molecule has 0 aliphatic rings. The SMILES string of the molecule is Cc1ccc(CNC(=O)C(N)Cc2ccc(O)cc2)s1. The Kier molecular flexibility index (Phi) is 4.76. The Balaban J connectivity index is 1.84. The predicted octanol–water partition coefficient (Wildman–Crippen LogP) is 1.95. The van der Waals surface area contributed by atoms with Crippen molar-refractivity contribution < 1.29 is 9.90 Å². The van der Waals surface area contributed by atoms with Gasteiger partial charge < -0.3 is 16.2 Å². The van der Waals surface area contributed by atoms with Gasteiger partial charge >= 0.3 is 0 Å². The van der Waals surface area contributed by atoms with E-state index >= 15 is 0 Å². The normalized spacial score (nSPS) is 12.1. The van der Waals surface area contributed by atoms with E-state index in [1.165, 1.54) is 4.88 Å². The van der Waals surface area contributed by atoms with E-state index in [4.69, 9.17) is 5.73 Å². The van der Waals surface area contributed by atoms with Gasteiger partial charge in [0.15, 0.2) is 0 Å². The van der Waals surface area contributed by atoms with E-state index in [0.717, 1.165) is 10.4 Å². The number of thiophene rings is 1. The van der Waals surface area contributed by atoms with E-state index in [0.29, 0.717) is 13.0 Å². The highest BCUT2D eigenvalue weighted by molar-refractivity contribution is 7.11. The van der Waals surface area contributed by atoms with Crippen LogP contribution in [0.15, 0.2) is 36.4 Å². The number of aromatic hydroxyl groups is 1. The fourth-order valence-corrected chi connectivity index (χ4v) is 2.69. The summed E-state index contributed by atoms with van der Waals surface area (Å²) in [5, 5.41) is 12.0. The first-order chi connectivity index (χ1) is 9.54. The summed E-state index contributed by atoms with van der Waals surface area (Å²) in [7, 11) is 0. The molecule has 5 heteroatoms. The number of carbonyl (C=O) groups excluding carboxylic acids is 1. The van der Waals surface area contributed by atoms with Gasteiger partial charge in [0.2, 0.25) is 5.91 Å². The summed E-state index contributed by atoms with van der Waals surface area (Å²) >= 11 is 1.66. The summed E-state index contributed by atoms with van der Waals surface area (Å²) in [6.45, 7) is 2.55. The number of carbonyl (C=O) groups is 1. The van der Waals surface area contributed by atoms with Gasteiger partial charge in [0.05, 0.1) is 12.6 Å². The minimum absolute atomic E-state index is 0.163. The molecule has 4 N–H and O–H groups in total. The van der Waals surface area contributed by atoms with Crippen molar-refractivity contribution in [3.8, 4) is 5.75 Å².